The lowest BCUT2D eigenvalue weighted by Crippen LogP contribution is -1.64. The first kappa shape index (κ1) is 11.7. The van der Waals surface area contributed by atoms with Gasteiger partial charge < -0.3 is 9.53 Å². The molecule has 0 radical (unpaired) electrons. The smallest absolute Gasteiger partial charge is 0.119 e. The van der Waals surface area contributed by atoms with Crippen LogP contribution in [0.3, 0.4) is 0 Å². The first-order chi connectivity index (χ1) is 4.83. The molecule has 0 amide bonds. The highest BCUT2D eigenvalue weighted by molar-refractivity contribution is 5.48. The molecule has 0 spiro atoms. The summed E-state index contributed by atoms with van der Waals surface area (Å²) in [5.74, 6) is 0. The van der Waals surface area contributed by atoms with E-state index < -0.39 is 0 Å². The van der Waals surface area contributed by atoms with Gasteiger partial charge in [0, 0.05) is 6.42 Å². The summed E-state index contributed by atoms with van der Waals surface area (Å²) in [5.41, 5.74) is 0. The standard InChI is InChI=1S/C4H6O.C4H8O/c1-3-5-4-2;1-2-3-4-5/h3-4H,1-2H2;4H,2-3H2,1H3. The van der Waals surface area contributed by atoms with E-state index in [0.29, 0.717) is 6.42 Å². The van der Waals surface area contributed by atoms with Crippen LogP contribution in [0.1, 0.15) is 19.8 Å². The number of carbonyl (C=O) groups is 1. The van der Waals surface area contributed by atoms with Crippen molar-refractivity contribution in [3.63, 3.8) is 0 Å². The molecular weight excluding hydrogens is 128 g/mol. The Hall–Kier alpha value is -1.05. The van der Waals surface area contributed by atoms with E-state index in [4.69, 9.17) is 0 Å². The molecular formula is C8H14O2. The molecule has 0 aliphatic rings. The van der Waals surface area contributed by atoms with Gasteiger partial charge in [0.2, 0.25) is 0 Å². The van der Waals surface area contributed by atoms with E-state index in [1.807, 2.05) is 6.92 Å². The van der Waals surface area contributed by atoms with Crippen LogP contribution in [0.25, 0.3) is 0 Å². The minimum absolute atomic E-state index is 0.708. The molecule has 0 saturated heterocycles. The Labute approximate surface area is 62.2 Å². The van der Waals surface area contributed by atoms with Crippen molar-refractivity contribution in [1.82, 2.24) is 0 Å². The Morgan fingerprint density at radius 1 is 1.40 bits per heavy atom. The van der Waals surface area contributed by atoms with Crippen LogP contribution in [-0.2, 0) is 9.53 Å². The highest BCUT2D eigenvalue weighted by Gasteiger charge is 1.66. The second-order valence-corrected chi connectivity index (χ2v) is 1.42. The van der Waals surface area contributed by atoms with Gasteiger partial charge in [-0.2, -0.15) is 0 Å². The zero-order valence-corrected chi connectivity index (χ0v) is 6.38. The van der Waals surface area contributed by atoms with Crippen LogP contribution < -0.4 is 0 Å². The van der Waals surface area contributed by atoms with Gasteiger partial charge >= 0.3 is 0 Å². The summed E-state index contributed by atoms with van der Waals surface area (Å²) in [6.45, 7) is 8.49. The summed E-state index contributed by atoms with van der Waals surface area (Å²) >= 11 is 0. The lowest BCUT2D eigenvalue weighted by atomic mass is 10.4. The van der Waals surface area contributed by atoms with Crippen molar-refractivity contribution >= 4 is 6.29 Å². The molecule has 0 N–H and O–H groups in total. The SMILES string of the molecule is C=COC=C.CCCC=O. The van der Waals surface area contributed by atoms with Gasteiger partial charge in [-0.25, -0.2) is 0 Å². The largest absolute Gasteiger partial charge is 0.474 e. The molecule has 2 heteroatoms. The molecule has 0 rings (SSSR count). The number of unbranched alkanes of at least 4 members (excludes halogenated alkanes) is 1. The van der Waals surface area contributed by atoms with Crippen molar-refractivity contribution < 1.29 is 9.53 Å². The first-order valence-electron chi connectivity index (χ1n) is 3.14. The number of carbonyl (C=O) groups excluding carboxylic acids is 1. The fraction of sp³-hybridized carbons (Fsp3) is 0.375. The third-order valence-corrected chi connectivity index (χ3v) is 0.599. The van der Waals surface area contributed by atoms with E-state index in [2.05, 4.69) is 17.9 Å². The van der Waals surface area contributed by atoms with E-state index >= 15 is 0 Å². The second kappa shape index (κ2) is 15.7. The minimum Gasteiger partial charge on any atom is -0.474 e. The first-order valence-corrected chi connectivity index (χ1v) is 3.14. The minimum atomic E-state index is 0.708. The Morgan fingerprint density at radius 3 is 1.90 bits per heavy atom. The summed E-state index contributed by atoms with van der Waals surface area (Å²) in [6.07, 6.45) is 5.24. The maximum atomic E-state index is 9.40. The third-order valence-electron chi connectivity index (χ3n) is 0.599. The predicted octanol–water partition coefficient (Wildman–Crippen LogP) is 2.28. The van der Waals surface area contributed by atoms with E-state index in [1.165, 1.54) is 12.5 Å². The molecule has 0 aliphatic heterocycles. The molecule has 0 heterocycles. The van der Waals surface area contributed by atoms with Crippen LogP contribution in [0.15, 0.2) is 25.7 Å². The van der Waals surface area contributed by atoms with Crippen LogP contribution in [0, 0.1) is 0 Å². The summed E-state index contributed by atoms with van der Waals surface area (Å²) in [7, 11) is 0. The predicted molar refractivity (Wildman–Crippen MR) is 42.5 cm³/mol. The van der Waals surface area contributed by atoms with Crippen LogP contribution in [0.4, 0.5) is 0 Å². The summed E-state index contributed by atoms with van der Waals surface area (Å²) < 4.78 is 4.36. The molecule has 10 heavy (non-hydrogen) atoms. The number of rotatable bonds is 4. The van der Waals surface area contributed by atoms with Crippen molar-refractivity contribution in [2.75, 3.05) is 0 Å². The summed E-state index contributed by atoms with van der Waals surface area (Å²) in [4.78, 5) is 9.40. The van der Waals surface area contributed by atoms with Crippen LogP contribution in [0.2, 0.25) is 0 Å². The molecule has 0 fully saturated rings. The van der Waals surface area contributed by atoms with E-state index in [9.17, 15) is 4.79 Å². The molecule has 0 atom stereocenters. The van der Waals surface area contributed by atoms with Crippen LogP contribution in [-0.4, -0.2) is 6.29 Å². The van der Waals surface area contributed by atoms with Crippen LogP contribution >= 0.6 is 0 Å². The number of hydrogen-bond donors (Lipinski definition) is 0. The average molecular weight is 142 g/mol. The van der Waals surface area contributed by atoms with Crippen molar-refractivity contribution in [2.24, 2.45) is 0 Å². The molecule has 0 aromatic rings. The Balaban J connectivity index is 0. The van der Waals surface area contributed by atoms with E-state index in [-0.39, 0.29) is 0 Å². The van der Waals surface area contributed by atoms with Crippen molar-refractivity contribution in [3.05, 3.63) is 25.7 Å². The van der Waals surface area contributed by atoms with Crippen LogP contribution in [0.5, 0.6) is 0 Å². The molecule has 0 aliphatic carbocycles. The van der Waals surface area contributed by atoms with E-state index in [0.717, 1.165) is 12.7 Å². The van der Waals surface area contributed by atoms with Gasteiger partial charge in [0.1, 0.15) is 6.29 Å². The number of hydrogen-bond acceptors (Lipinski definition) is 2. The molecule has 58 valence electrons. The Kier molecular flexibility index (Phi) is 18.4. The Bertz CT molecular complexity index is 81.3. The van der Waals surface area contributed by atoms with Gasteiger partial charge in [0.15, 0.2) is 0 Å². The molecule has 2 nitrogen and oxygen atoms in total. The molecule has 0 bridgehead atoms. The maximum absolute atomic E-state index is 9.40. The lowest BCUT2D eigenvalue weighted by Gasteiger charge is -1.76. The van der Waals surface area contributed by atoms with Gasteiger partial charge in [0.05, 0.1) is 12.5 Å². The lowest BCUT2D eigenvalue weighted by molar-refractivity contribution is -0.107. The quantitative estimate of drug-likeness (QED) is 0.444. The van der Waals surface area contributed by atoms with E-state index in [1.54, 1.807) is 0 Å². The highest BCUT2D eigenvalue weighted by atomic mass is 16.5. The molecule has 0 aromatic heterocycles. The summed E-state index contributed by atoms with van der Waals surface area (Å²) in [5, 5.41) is 0. The highest BCUT2D eigenvalue weighted by Crippen LogP contribution is 1.74. The maximum Gasteiger partial charge on any atom is 0.119 e. The van der Waals surface area contributed by atoms with Crippen molar-refractivity contribution in [3.8, 4) is 0 Å². The molecule has 0 aromatic carbocycles. The van der Waals surface area contributed by atoms with Gasteiger partial charge in [-0.15, -0.1) is 0 Å². The van der Waals surface area contributed by atoms with Gasteiger partial charge in [-0.3, -0.25) is 0 Å². The molecule has 0 unspecified atom stereocenters. The summed E-state index contributed by atoms with van der Waals surface area (Å²) in [6, 6.07) is 0. The normalized spacial score (nSPS) is 6.50. The Morgan fingerprint density at radius 2 is 1.90 bits per heavy atom. The monoisotopic (exact) mass is 142 g/mol. The second-order valence-electron chi connectivity index (χ2n) is 1.42. The molecule has 0 saturated carbocycles. The average Bonchev–Trinajstić information content (AvgIpc) is 1.93. The van der Waals surface area contributed by atoms with Crippen molar-refractivity contribution in [1.29, 1.82) is 0 Å². The van der Waals surface area contributed by atoms with Crippen molar-refractivity contribution in [2.45, 2.75) is 19.8 Å². The fourth-order valence-corrected chi connectivity index (χ4v) is 0.186. The van der Waals surface area contributed by atoms with Gasteiger partial charge in [-0.05, 0) is 6.42 Å². The number of ether oxygens (including phenoxy) is 1. The third kappa shape index (κ3) is 28.3. The van der Waals surface area contributed by atoms with Gasteiger partial charge in [-0.1, -0.05) is 20.1 Å². The topological polar surface area (TPSA) is 26.3 Å². The fourth-order valence-electron chi connectivity index (χ4n) is 0.186. The zero-order valence-electron chi connectivity index (χ0n) is 6.38. The zero-order chi connectivity index (χ0) is 8.24. The van der Waals surface area contributed by atoms with Gasteiger partial charge in [0.25, 0.3) is 0 Å². The number of aldehydes is 1.